The molecular formula is C11H12N4O2. The van der Waals surface area contributed by atoms with Crippen LogP contribution in [0.25, 0.3) is 11.0 Å². The smallest absolute Gasteiger partial charge is 0.251 e. The van der Waals surface area contributed by atoms with Crippen LogP contribution in [-0.4, -0.2) is 29.6 Å². The van der Waals surface area contributed by atoms with Gasteiger partial charge in [0.15, 0.2) is 11.6 Å². The maximum Gasteiger partial charge on any atom is 0.251 e. The van der Waals surface area contributed by atoms with Crippen molar-refractivity contribution in [3.63, 3.8) is 0 Å². The first kappa shape index (κ1) is 11.3. The van der Waals surface area contributed by atoms with E-state index in [0.29, 0.717) is 11.0 Å². The van der Waals surface area contributed by atoms with Crippen molar-refractivity contribution in [1.82, 2.24) is 9.97 Å². The molecule has 1 aromatic heterocycles. The lowest BCUT2D eigenvalue weighted by atomic mass is 10.3. The van der Waals surface area contributed by atoms with Crippen LogP contribution in [0.1, 0.15) is 0 Å². The lowest BCUT2D eigenvalue weighted by Gasteiger charge is -2.07. The molecule has 0 atom stereocenters. The molecule has 88 valence electrons. The molecule has 2 aromatic rings. The summed E-state index contributed by atoms with van der Waals surface area (Å²) < 4.78 is 4.70. The number of anilines is 2. The minimum atomic E-state index is -0.316. The fourth-order valence-corrected chi connectivity index (χ4v) is 1.40. The highest BCUT2D eigenvalue weighted by molar-refractivity contribution is 5.94. The first-order chi connectivity index (χ1) is 8.20. The largest absolute Gasteiger partial charge is 0.381 e. The number of carbonyl (C=O) groups is 1. The molecular weight excluding hydrogens is 220 g/mol. The third-order valence-corrected chi connectivity index (χ3v) is 2.13. The number of para-hydroxylation sites is 2. The molecule has 0 aliphatic rings. The number of nitrogens with one attached hydrogen (secondary N) is 1. The van der Waals surface area contributed by atoms with E-state index in [4.69, 9.17) is 10.5 Å². The second-order valence-corrected chi connectivity index (χ2v) is 3.43. The molecule has 6 nitrogen and oxygen atoms in total. The Bertz CT molecular complexity index is 556. The molecule has 0 spiro atoms. The number of hydrogen-bond acceptors (Lipinski definition) is 5. The molecule has 3 N–H and O–H groups in total. The van der Waals surface area contributed by atoms with E-state index in [1.807, 2.05) is 12.1 Å². The summed E-state index contributed by atoms with van der Waals surface area (Å²) in [6.07, 6.45) is 0. The summed E-state index contributed by atoms with van der Waals surface area (Å²) in [6, 6.07) is 7.29. The van der Waals surface area contributed by atoms with E-state index in [-0.39, 0.29) is 24.1 Å². The van der Waals surface area contributed by atoms with Crippen molar-refractivity contribution in [3.05, 3.63) is 24.3 Å². The number of nitrogens with two attached hydrogens (primary N) is 1. The summed E-state index contributed by atoms with van der Waals surface area (Å²) in [5, 5.41) is 2.54. The fourth-order valence-electron chi connectivity index (χ4n) is 1.40. The Labute approximate surface area is 97.8 Å². The summed E-state index contributed by atoms with van der Waals surface area (Å²) in [6.45, 7) is -0.0477. The van der Waals surface area contributed by atoms with Crippen LogP contribution in [0.15, 0.2) is 24.3 Å². The Morgan fingerprint density at radius 3 is 2.65 bits per heavy atom. The number of carbonyl (C=O) groups excluding carboxylic acids is 1. The second kappa shape index (κ2) is 4.75. The Morgan fingerprint density at radius 2 is 2.00 bits per heavy atom. The molecule has 0 aliphatic carbocycles. The van der Waals surface area contributed by atoms with Crippen LogP contribution in [0, 0.1) is 0 Å². The second-order valence-electron chi connectivity index (χ2n) is 3.43. The lowest BCUT2D eigenvalue weighted by Crippen LogP contribution is -2.19. The normalized spacial score (nSPS) is 10.4. The molecule has 0 unspecified atom stereocenters. The van der Waals surface area contributed by atoms with E-state index < -0.39 is 0 Å². The number of nitrogens with zero attached hydrogens (tertiary/aromatic N) is 2. The molecule has 1 heterocycles. The van der Waals surface area contributed by atoms with Gasteiger partial charge in [-0.25, -0.2) is 9.97 Å². The van der Waals surface area contributed by atoms with Crippen molar-refractivity contribution in [3.8, 4) is 0 Å². The first-order valence-electron chi connectivity index (χ1n) is 5.02. The quantitative estimate of drug-likeness (QED) is 0.816. The molecule has 1 aromatic carbocycles. The molecule has 2 rings (SSSR count). The van der Waals surface area contributed by atoms with Gasteiger partial charge in [0.25, 0.3) is 5.91 Å². The van der Waals surface area contributed by atoms with Crippen molar-refractivity contribution in [2.75, 3.05) is 24.8 Å². The van der Waals surface area contributed by atoms with Crippen LogP contribution in [0.5, 0.6) is 0 Å². The number of hydrogen-bond donors (Lipinski definition) is 2. The van der Waals surface area contributed by atoms with Gasteiger partial charge in [0.1, 0.15) is 6.61 Å². The highest BCUT2D eigenvalue weighted by Crippen LogP contribution is 2.17. The van der Waals surface area contributed by atoms with E-state index in [0.717, 1.165) is 0 Å². The Balaban J connectivity index is 2.34. The van der Waals surface area contributed by atoms with Gasteiger partial charge in [-0.1, -0.05) is 12.1 Å². The summed E-state index contributed by atoms with van der Waals surface area (Å²) >= 11 is 0. The SMILES string of the molecule is COCC(=O)Nc1nc2ccccc2nc1N. The van der Waals surface area contributed by atoms with Crippen LogP contribution in [0.2, 0.25) is 0 Å². The Kier molecular flexibility index (Phi) is 3.15. The maximum atomic E-state index is 11.3. The van der Waals surface area contributed by atoms with E-state index >= 15 is 0 Å². The molecule has 0 radical (unpaired) electrons. The molecule has 0 saturated heterocycles. The number of rotatable bonds is 3. The number of methoxy groups -OCH3 is 1. The lowest BCUT2D eigenvalue weighted by molar-refractivity contribution is -0.119. The molecule has 0 saturated carbocycles. The van der Waals surface area contributed by atoms with Crippen molar-refractivity contribution in [2.24, 2.45) is 0 Å². The summed E-state index contributed by atoms with van der Waals surface area (Å²) in [7, 11) is 1.44. The van der Waals surface area contributed by atoms with Crippen LogP contribution in [0.4, 0.5) is 11.6 Å². The molecule has 0 aliphatic heterocycles. The summed E-state index contributed by atoms with van der Waals surface area (Å²) in [5.41, 5.74) is 7.07. The van der Waals surface area contributed by atoms with Gasteiger partial charge in [-0.15, -0.1) is 0 Å². The van der Waals surface area contributed by atoms with Gasteiger partial charge < -0.3 is 15.8 Å². The highest BCUT2D eigenvalue weighted by atomic mass is 16.5. The predicted octanol–water partition coefficient (Wildman–Crippen LogP) is 0.797. The van der Waals surface area contributed by atoms with Crippen molar-refractivity contribution in [2.45, 2.75) is 0 Å². The Morgan fingerprint density at radius 1 is 1.35 bits per heavy atom. The average Bonchev–Trinajstić information content (AvgIpc) is 2.30. The topological polar surface area (TPSA) is 90.1 Å². The van der Waals surface area contributed by atoms with Gasteiger partial charge in [-0.2, -0.15) is 0 Å². The van der Waals surface area contributed by atoms with Gasteiger partial charge in [0.2, 0.25) is 0 Å². The number of ether oxygens (including phenoxy) is 1. The Hall–Kier alpha value is -2.21. The van der Waals surface area contributed by atoms with E-state index in [1.165, 1.54) is 7.11 Å². The van der Waals surface area contributed by atoms with Crippen LogP contribution < -0.4 is 11.1 Å². The molecule has 0 bridgehead atoms. The van der Waals surface area contributed by atoms with Crippen molar-refractivity contribution < 1.29 is 9.53 Å². The van der Waals surface area contributed by atoms with Crippen molar-refractivity contribution in [1.29, 1.82) is 0 Å². The number of fused-ring (bicyclic) bond motifs is 1. The van der Waals surface area contributed by atoms with Gasteiger partial charge in [0.05, 0.1) is 11.0 Å². The van der Waals surface area contributed by atoms with Gasteiger partial charge >= 0.3 is 0 Å². The van der Waals surface area contributed by atoms with E-state index in [1.54, 1.807) is 12.1 Å². The number of aromatic nitrogens is 2. The molecule has 6 heteroatoms. The zero-order valence-electron chi connectivity index (χ0n) is 9.30. The fraction of sp³-hybridized carbons (Fsp3) is 0.182. The maximum absolute atomic E-state index is 11.3. The third kappa shape index (κ3) is 2.48. The molecule has 0 fully saturated rings. The summed E-state index contributed by atoms with van der Waals surface area (Å²) in [4.78, 5) is 19.7. The zero-order valence-corrected chi connectivity index (χ0v) is 9.30. The molecule has 17 heavy (non-hydrogen) atoms. The van der Waals surface area contributed by atoms with Crippen LogP contribution >= 0.6 is 0 Å². The monoisotopic (exact) mass is 232 g/mol. The van der Waals surface area contributed by atoms with Gasteiger partial charge in [-0.05, 0) is 12.1 Å². The van der Waals surface area contributed by atoms with Crippen LogP contribution in [-0.2, 0) is 9.53 Å². The predicted molar refractivity (Wildman–Crippen MR) is 64.5 cm³/mol. The van der Waals surface area contributed by atoms with E-state index in [2.05, 4.69) is 15.3 Å². The minimum Gasteiger partial charge on any atom is -0.381 e. The van der Waals surface area contributed by atoms with Gasteiger partial charge in [-0.3, -0.25) is 4.79 Å². The standard InChI is InChI=1S/C11H12N4O2/c1-17-6-9(16)15-11-10(12)13-7-4-2-3-5-8(7)14-11/h2-5H,6H2,1H3,(H2,12,13)(H,14,15,16). The highest BCUT2D eigenvalue weighted by Gasteiger charge is 2.08. The molecule has 1 amide bonds. The van der Waals surface area contributed by atoms with Gasteiger partial charge in [0, 0.05) is 7.11 Å². The number of nitrogen functional groups attached to an aromatic ring is 1. The minimum absolute atomic E-state index is 0.0477. The number of benzene rings is 1. The van der Waals surface area contributed by atoms with E-state index in [9.17, 15) is 4.79 Å². The number of amides is 1. The van der Waals surface area contributed by atoms with Crippen LogP contribution in [0.3, 0.4) is 0 Å². The zero-order chi connectivity index (χ0) is 12.3. The summed E-state index contributed by atoms with van der Waals surface area (Å²) in [5.74, 6) is 0.127. The first-order valence-corrected chi connectivity index (χ1v) is 5.02. The average molecular weight is 232 g/mol. The third-order valence-electron chi connectivity index (χ3n) is 2.13. The van der Waals surface area contributed by atoms with Crippen molar-refractivity contribution >= 4 is 28.6 Å².